The molecular formula is C100H161N11O28. The molecule has 20 atom stereocenters. The SMILES string of the molecule is CC=CC[C@@H](C)[C@@H](OC(=O)OC(C)OC(=O)CCC(=O)OCCOCCOCCOC(=O)CCC(=O)OCC(=O)[C@]1(O)CC[C@H]2C3CCC4=CC(=O)C=C[C@@]4(C)C3[C@H](O)C[C@@]21C)C1C(=O)NC(CC)C(=O)N(C)CC(=O)N(C)[C@@H](CC(C)C)C(=O)NC(C(C)C)C(=O)N(C)C(CC(C)C)C(=O)NC(C)C(=O)NC(C)C(=O)N(C)C(CC(C)C)C(=O)N(C)C(CC(C)C)C(=O)N(C)C(C(C)C)C(=O)N1C. The molecule has 4 fully saturated rings. The Morgan fingerprint density at radius 1 is 0.518 bits per heavy atom. The monoisotopic (exact) mass is 1960 g/mol. The van der Waals surface area contributed by atoms with E-state index in [-0.39, 0.29) is 145 Å². The van der Waals surface area contributed by atoms with Gasteiger partial charge in [0.25, 0.3) is 0 Å². The number of ether oxygens (including phenoxy) is 8. The Hall–Kier alpha value is -10.3. The van der Waals surface area contributed by atoms with Gasteiger partial charge in [-0.3, -0.25) is 81.5 Å². The summed E-state index contributed by atoms with van der Waals surface area (Å²) in [4.78, 5) is 264. The Morgan fingerprint density at radius 2 is 1.00 bits per heavy atom. The number of fused-ring (bicyclic) bond motifs is 5. The molecule has 784 valence electrons. The second-order valence-corrected chi connectivity index (χ2v) is 41.0. The number of likely N-dealkylation sites (N-methyl/N-ethyl adjacent to an activating group) is 7. The Bertz CT molecular complexity index is 4400. The molecule has 1 heterocycles. The second-order valence-electron chi connectivity index (χ2n) is 41.0. The van der Waals surface area contributed by atoms with Gasteiger partial charge in [0.15, 0.2) is 12.4 Å². The minimum Gasteiger partial charge on any atom is -0.463 e. The molecule has 5 rings (SSSR count). The van der Waals surface area contributed by atoms with E-state index in [1.54, 1.807) is 72.8 Å². The molecule has 139 heavy (non-hydrogen) atoms. The zero-order chi connectivity index (χ0) is 105. The van der Waals surface area contributed by atoms with Crippen molar-refractivity contribution in [2.75, 3.05) is 102 Å². The number of carbonyl (C=O) groups is 18. The number of ketones is 2. The van der Waals surface area contributed by atoms with Crippen LogP contribution in [-0.2, 0) is 119 Å². The second kappa shape index (κ2) is 54.1. The molecule has 0 spiro atoms. The molecule has 11 amide bonds. The predicted molar refractivity (Wildman–Crippen MR) is 510 cm³/mol. The molecule has 5 aliphatic rings. The number of Topliss-reactive ketones (excluding diaryl/α,β-unsaturated/α-hetero) is 1. The lowest BCUT2D eigenvalue weighted by atomic mass is 9.46. The lowest BCUT2D eigenvalue weighted by Crippen LogP contribution is -2.64. The number of aliphatic hydroxyl groups is 2. The van der Waals surface area contributed by atoms with E-state index in [2.05, 4.69) is 21.3 Å². The molecule has 4 aliphatic carbocycles. The fraction of sp³-hybridized carbons (Fsp3) is 0.760. The molecule has 0 aromatic rings. The largest absolute Gasteiger partial charge is 0.511 e. The van der Waals surface area contributed by atoms with Gasteiger partial charge in [0.1, 0.15) is 85.3 Å². The molecule has 0 radical (unpaired) electrons. The van der Waals surface area contributed by atoms with Gasteiger partial charge in [-0.05, 0) is 157 Å². The van der Waals surface area contributed by atoms with Crippen LogP contribution in [0.5, 0.6) is 0 Å². The molecule has 0 aromatic heterocycles. The van der Waals surface area contributed by atoms with E-state index in [1.165, 1.54) is 77.9 Å². The first-order valence-corrected chi connectivity index (χ1v) is 49.1. The van der Waals surface area contributed by atoms with Gasteiger partial charge in [0.2, 0.25) is 77.1 Å². The third-order valence-electron chi connectivity index (χ3n) is 27.7. The van der Waals surface area contributed by atoms with Gasteiger partial charge in [0.05, 0.1) is 64.8 Å². The first-order valence-electron chi connectivity index (χ1n) is 49.1. The maximum Gasteiger partial charge on any atom is 0.511 e. The fourth-order valence-electron chi connectivity index (χ4n) is 19.8. The smallest absolute Gasteiger partial charge is 0.463 e. The van der Waals surface area contributed by atoms with E-state index in [4.69, 9.17) is 37.9 Å². The number of carbonyl (C=O) groups excluding carboxylic acids is 18. The molecule has 0 aromatic carbocycles. The van der Waals surface area contributed by atoms with Crippen LogP contribution in [0.2, 0.25) is 0 Å². The Kier molecular flexibility index (Phi) is 46.4. The highest BCUT2D eigenvalue weighted by Gasteiger charge is 2.68. The summed E-state index contributed by atoms with van der Waals surface area (Å²) in [6.45, 7) is 32.0. The van der Waals surface area contributed by atoms with Gasteiger partial charge in [-0.2, -0.15) is 0 Å². The van der Waals surface area contributed by atoms with E-state index in [0.29, 0.717) is 19.3 Å². The minimum absolute atomic E-state index is 0.0203. The highest BCUT2D eigenvalue weighted by Crippen LogP contribution is 2.67. The van der Waals surface area contributed by atoms with Gasteiger partial charge >= 0.3 is 30.0 Å². The maximum absolute atomic E-state index is 15.9. The van der Waals surface area contributed by atoms with Gasteiger partial charge < -0.3 is 104 Å². The summed E-state index contributed by atoms with van der Waals surface area (Å²) in [5, 5.41) is 34.7. The van der Waals surface area contributed by atoms with Gasteiger partial charge in [0, 0.05) is 73.0 Å². The molecule has 1 saturated heterocycles. The minimum atomic E-state index is -1.93. The number of amides is 11. The molecule has 3 saturated carbocycles. The third kappa shape index (κ3) is 32.1. The quantitative estimate of drug-likeness (QED) is 0.0135. The molecule has 12 unspecified atom stereocenters. The first-order chi connectivity index (χ1) is 64.9. The molecule has 0 bridgehead atoms. The summed E-state index contributed by atoms with van der Waals surface area (Å²) >= 11 is 0. The molecule has 39 nitrogen and oxygen atoms in total. The van der Waals surface area contributed by atoms with Crippen molar-refractivity contribution in [1.82, 2.24) is 55.6 Å². The van der Waals surface area contributed by atoms with Crippen molar-refractivity contribution < 1.29 is 134 Å². The van der Waals surface area contributed by atoms with Crippen molar-refractivity contribution >= 4 is 107 Å². The van der Waals surface area contributed by atoms with Crippen LogP contribution >= 0.6 is 0 Å². The van der Waals surface area contributed by atoms with Crippen LogP contribution in [0.15, 0.2) is 36.0 Å². The van der Waals surface area contributed by atoms with Crippen molar-refractivity contribution in [1.29, 1.82) is 0 Å². The summed E-state index contributed by atoms with van der Waals surface area (Å²) in [5.74, 6) is -16.4. The lowest BCUT2D eigenvalue weighted by molar-refractivity contribution is -0.181. The van der Waals surface area contributed by atoms with E-state index >= 15 is 19.2 Å². The summed E-state index contributed by atoms with van der Waals surface area (Å²) in [6, 6.07) is -13.8. The number of allylic oxidation sites excluding steroid dienone is 6. The topological polar surface area (TPSA) is 492 Å². The highest BCUT2D eigenvalue weighted by atomic mass is 16.8. The summed E-state index contributed by atoms with van der Waals surface area (Å²) in [6.07, 6.45) is 3.09. The number of esters is 4. The van der Waals surface area contributed by atoms with Crippen molar-refractivity contribution in [3.8, 4) is 0 Å². The van der Waals surface area contributed by atoms with Crippen molar-refractivity contribution in [2.45, 2.75) is 319 Å². The summed E-state index contributed by atoms with van der Waals surface area (Å²) < 4.78 is 43.5. The zero-order valence-electron chi connectivity index (χ0n) is 87.1. The van der Waals surface area contributed by atoms with Crippen LogP contribution in [0.25, 0.3) is 0 Å². The van der Waals surface area contributed by atoms with Crippen LogP contribution in [0, 0.1) is 70.0 Å². The van der Waals surface area contributed by atoms with Crippen molar-refractivity contribution in [3.05, 3.63) is 36.0 Å². The maximum atomic E-state index is 15.9. The average Bonchev–Trinajstić information content (AvgIpc) is 1.55. The number of hydrogen-bond donors (Lipinski definition) is 6. The molecule has 39 heteroatoms. The Morgan fingerprint density at radius 3 is 1.53 bits per heavy atom. The number of nitrogens with zero attached hydrogens (tertiary/aromatic N) is 7. The normalized spacial score (nSPS) is 28.3. The highest BCUT2D eigenvalue weighted by molar-refractivity contribution is 6.02. The fourth-order valence-corrected chi connectivity index (χ4v) is 19.8. The molecule has 1 aliphatic heterocycles. The van der Waals surface area contributed by atoms with Crippen LogP contribution in [0.3, 0.4) is 0 Å². The first kappa shape index (κ1) is 119. The van der Waals surface area contributed by atoms with Crippen molar-refractivity contribution in [2.24, 2.45) is 70.0 Å². The van der Waals surface area contributed by atoms with Crippen LogP contribution in [0.1, 0.15) is 235 Å². The van der Waals surface area contributed by atoms with Crippen LogP contribution in [-0.4, -0.2) is 338 Å². The third-order valence-corrected chi connectivity index (χ3v) is 27.7. The zero-order valence-corrected chi connectivity index (χ0v) is 87.1. The Balaban J connectivity index is 1.29. The van der Waals surface area contributed by atoms with Gasteiger partial charge in [-0.25, -0.2) is 4.79 Å². The number of aliphatic hydroxyl groups excluding tert-OH is 1. The molecule has 6 N–H and O–H groups in total. The Labute approximate surface area is 820 Å². The predicted octanol–water partition coefficient (Wildman–Crippen LogP) is 6.12. The van der Waals surface area contributed by atoms with E-state index in [1.807, 2.05) is 75.3 Å². The molecular weight excluding hydrogens is 1800 g/mol. The standard InChI is InChI=1S/C100H161N11O28/c1-28-30-31-62(15)86(139-97(130)138-65(18)137-81(119)37-36-79(117)135-47-45-133-43-42-132-44-46-134-78(116)34-35-80(118)136-55-76(114)100(131)41-39-69-68-33-32-66-52-67(112)38-40-98(66,19)82(68)75(113)53-99(69,100)20)85-90(123)103-70(29-2)92(125)105(21)54-77(115)106(22)71(48-56(3)4)89(122)104-83(60(11)12)95(128)107(23)72(49-57(5)6)88(121)101-63(16)87(120)102-64(17)91(124)108(24)73(50-58(7)8)93(126)109(25)74(51-59(9)10)94(127)110(26)84(61(13)14)96(129)111(85)27/h28,30,38,40,52,56-65,68-75,82-86,113,131H,29,31-37,39,41-51,53-55H2,1-27H3,(H,101,121)(H,102,120)(H,103,123)(H,104,122)/t62-,63?,64?,65?,68?,69+,70?,71+,72?,73?,74?,75-,82?,83?,84?,85?,86-,98-,99+,100-/m1/s1. The van der Waals surface area contributed by atoms with Crippen LogP contribution in [0.4, 0.5) is 4.79 Å². The average molecular weight is 1970 g/mol. The van der Waals surface area contributed by atoms with Gasteiger partial charge in [-0.1, -0.05) is 135 Å². The summed E-state index contributed by atoms with van der Waals surface area (Å²) in [5.41, 5.74) is -2.41. The lowest BCUT2D eigenvalue weighted by Gasteiger charge is -2.59. The number of hydrogen-bond acceptors (Lipinski definition) is 28. The van der Waals surface area contributed by atoms with Crippen LogP contribution < -0.4 is 21.3 Å². The van der Waals surface area contributed by atoms with E-state index in [0.717, 1.165) is 32.1 Å². The van der Waals surface area contributed by atoms with Crippen molar-refractivity contribution in [3.63, 3.8) is 0 Å². The number of nitrogens with one attached hydrogen (secondary N) is 4. The number of rotatable bonds is 36. The van der Waals surface area contributed by atoms with Gasteiger partial charge in [-0.15, -0.1) is 0 Å². The van der Waals surface area contributed by atoms with E-state index in [9.17, 15) is 77.3 Å². The summed E-state index contributed by atoms with van der Waals surface area (Å²) in [7, 11) is 9.43. The van der Waals surface area contributed by atoms with E-state index < -0.39 is 246 Å².